The average molecular weight is 553 g/mol. The van der Waals surface area contributed by atoms with E-state index in [-0.39, 0.29) is 19.2 Å². The van der Waals surface area contributed by atoms with Gasteiger partial charge in [0, 0.05) is 19.1 Å². The van der Waals surface area contributed by atoms with Gasteiger partial charge < -0.3 is 19.0 Å². The fraction of sp³-hybridized carbons (Fsp3) is 0.455. The van der Waals surface area contributed by atoms with Gasteiger partial charge in [-0.15, -0.1) is 0 Å². The Morgan fingerprint density at radius 1 is 0.821 bits per heavy atom. The number of rotatable bonds is 12. The van der Waals surface area contributed by atoms with E-state index in [2.05, 4.69) is 67.5 Å². The van der Waals surface area contributed by atoms with Crippen LogP contribution in [0.1, 0.15) is 69.4 Å². The smallest absolute Gasteiger partial charge is 0.258 e. The maximum Gasteiger partial charge on any atom is 0.258 e. The van der Waals surface area contributed by atoms with E-state index in [0.717, 1.165) is 44.7 Å². The Kier molecular flexibility index (Phi) is 10.4. The normalized spacial score (nSPS) is 12.1. The van der Waals surface area contributed by atoms with Crippen LogP contribution in [-0.2, 0) is 17.8 Å². The minimum Gasteiger partial charge on any atom is -0.543 e. The standard InChI is InChI=1S/C33H45FO4Si/c1-21(2)39(22(3)4,23(5)6)38-29-16-24(7)32(25(8)17-29)33-27(19-35)12-15-31(37-20-36-9)30(33)18-26-10-13-28(34)14-11-26/h10-17,21-23,35H,18-20H2,1-9H3. The summed E-state index contributed by atoms with van der Waals surface area (Å²) >= 11 is 0. The number of hydrogen-bond acceptors (Lipinski definition) is 4. The number of halogens is 1. The summed E-state index contributed by atoms with van der Waals surface area (Å²) in [6, 6.07) is 14.6. The lowest BCUT2D eigenvalue weighted by Crippen LogP contribution is -2.50. The first-order valence-corrected chi connectivity index (χ1v) is 16.0. The molecule has 0 aliphatic carbocycles. The molecule has 0 aliphatic rings. The van der Waals surface area contributed by atoms with Gasteiger partial charge >= 0.3 is 0 Å². The number of benzene rings is 3. The van der Waals surface area contributed by atoms with Crippen molar-refractivity contribution in [1.29, 1.82) is 0 Å². The Hall–Kier alpha value is -2.67. The van der Waals surface area contributed by atoms with E-state index >= 15 is 0 Å². The highest BCUT2D eigenvalue weighted by atomic mass is 28.4. The van der Waals surface area contributed by atoms with Crippen molar-refractivity contribution in [1.82, 2.24) is 0 Å². The third-order valence-electron chi connectivity index (χ3n) is 7.91. The van der Waals surface area contributed by atoms with Crippen LogP contribution in [0.25, 0.3) is 11.1 Å². The van der Waals surface area contributed by atoms with E-state index in [1.165, 1.54) is 12.1 Å². The predicted octanol–water partition coefficient (Wildman–Crippen LogP) is 8.73. The summed E-state index contributed by atoms with van der Waals surface area (Å²) in [5.41, 5.74) is 8.24. The van der Waals surface area contributed by atoms with E-state index in [9.17, 15) is 9.50 Å². The molecular weight excluding hydrogens is 507 g/mol. The summed E-state index contributed by atoms with van der Waals surface area (Å²) < 4.78 is 31.9. The van der Waals surface area contributed by atoms with Crippen molar-refractivity contribution < 1.29 is 23.4 Å². The van der Waals surface area contributed by atoms with Crippen LogP contribution in [-0.4, -0.2) is 27.3 Å². The largest absolute Gasteiger partial charge is 0.543 e. The van der Waals surface area contributed by atoms with E-state index in [1.54, 1.807) is 19.2 Å². The third-order valence-corrected chi connectivity index (χ3v) is 13.9. The minimum absolute atomic E-state index is 0.103. The number of methoxy groups -OCH3 is 1. The molecule has 0 saturated carbocycles. The molecule has 0 radical (unpaired) electrons. The lowest BCUT2D eigenvalue weighted by molar-refractivity contribution is 0.0505. The quantitative estimate of drug-likeness (QED) is 0.180. The van der Waals surface area contributed by atoms with Crippen molar-refractivity contribution in [2.75, 3.05) is 13.9 Å². The molecule has 0 heterocycles. The highest BCUT2D eigenvalue weighted by Crippen LogP contribution is 2.45. The van der Waals surface area contributed by atoms with Gasteiger partial charge in [0.25, 0.3) is 8.32 Å². The first-order valence-electron chi connectivity index (χ1n) is 13.9. The fourth-order valence-corrected chi connectivity index (χ4v) is 11.5. The molecular formula is C33H45FO4Si. The van der Waals surface area contributed by atoms with Crippen LogP contribution in [0.2, 0.25) is 16.6 Å². The molecule has 0 aromatic heterocycles. The van der Waals surface area contributed by atoms with Crippen LogP contribution < -0.4 is 9.16 Å². The van der Waals surface area contributed by atoms with E-state index in [0.29, 0.717) is 28.8 Å². The van der Waals surface area contributed by atoms with Crippen molar-refractivity contribution in [3.05, 3.63) is 82.2 Å². The average Bonchev–Trinajstić information content (AvgIpc) is 2.87. The van der Waals surface area contributed by atoms with E-state index in [1.807, 2.05) is 12.1 Å². The number of aliphatic hydroxyl groups excluding tert-OH is 1. The van der Waals surface area contributed by atoms with Crippen molar-refractivity contribution in [2.45, 2.75) is 85.0 Å². The monoisotopic (exact) mass is 552 g/mol. The summed E-state index contributed by atoms with van der Waals surface area (Å²) in [6.45, 7) is 17.9. The first kappa shape index (κ1) is 30.9. The third kappa shape index (κ3) is 6.56. The topological polar surface area (TPSA) is 47.9 Å². The van der Waals surface area contributed by atoms with E-state index < -0.39 is 8.32 Å². The predicted molar refractivity (Wildman–Crippen MR) is 161 cm³/mol. The number of hydrogen-bond donors (Lipinski definition) is 1. The maximum absolute atomic E-state index is 13.7. The lowest BCUT2D eigenvalue weighted by Gasteiger charge is -2.42. The minimum atomic E-state index is -2.12. The summed E-state index contributed by atoms with van der Waals surface area (Å²) in [4.78, 5) is 0. The molecule has 4 nitrogen and oxygen atoms in total. The Morgan fingerprint density at radius 2 is 1.38 bits per heavy atom. The highest BCUT2D eigenvalue weighted by molar-refractivity contribution is 6.78. The molecule has 3 rings (SSSR count). The lowest BCUT2D eigenvalue weighted by atomic mass is 9.86. The van der Waals surface area contributed by atoms with Crippen LogP contribution >= 0.6 is 0 Å². The van der Waals surface area contributed by atoms with Crippen molar-refractivity contribution >= 4 is 8.32 Å². The van der Waals surface area contributed by atoms with Crippen LogP contribution in [0, 0.1) is 19.7 Å². The molecule has 212 valence electrons. The highest BCUT2D eigenvalue weighted by Gasteiger charge is 2.47. The van der Waals surface area contributed by atoms with Crippen molar-refractivity contribution in [3.63, 3.8) is 0 Å². The van der Waals surface area contributed by atoms with Gasteiger partial charge in [-0.1, -0.05) is 59.7 Å². The van der Waals surface area contributed by atoms with Crippen LogP contribution in [0.15, 0.2) is 48.5 Å². The summed E-state index contributed by atoms with van der Waals surface area (Å²) in [5, 5.41) is 10.4. The molecule has 3 aromatic rings. The second-order valence-corrected chi connectivity index (χ2v) is 16.8. The molecule has 1 N–H and O–H groups in total. The van der Waals surface area contributed by atoms with Crippen molar-refractivity contribution in [3.8, 4) is 22.6 Å². The molecule has 3 aromatic carbocycles. The second-order valence-electron chi connectivity index (χ2n) is 11.4. The van der Waals surface area contributed by atoms with Gasteiger partial charge in [0.15, 0.2) is 6.79 Å². The molecule has 0 aliphatic heterocycles. The number of aryl methyl sites for hydroxylation is 2. The van der Waals surface area contributed by atoms with Crippen LogP contribution in [0.3, 0.4) is 0 Å². The molecule has 39 heavy (non-hydrogen) atoms. The Labute approximate surface area is 235 Å². The first-order chi connectivity index (χ1) is 18.5. The Balaban J connectivity index is 2.21. The zero-order valence-electron chi connectivity index (χ0n) is 25.0. The molecule has 0 saturated heterocycles. The van der Waals surface area contributed by atoms with E-state index in [4.69, 9.17) is 13.9 Å². The molecule has 0 fully saturated rings. The molecule has 0 spiro atoms. The van der Waals surface area contributed by atoms with Gasteiger partial charge in [-0.3, -0.25) is 0 Å². The van der Waals surface area contributed by atoms with Gasteiger partial charge in [0.1, 0.15) is 17.3 Å². The van der Waals surface area contributed by atoms with Gasteiger partial charge in [0.2, 0.25) is 0 Å². The van der Waals surface area contributed by atoms with Gasteiger partial charge in [-0.2, -0.15) is 0 Å². The maximum atomic E-state index is 13.7. The van der Waals surface area contributed by atoms with Crippen molar-refractivity contribution in [2.24, 2.45) is 0 Å². The zero-order chi connectivity index (χ0) is 28.9. The second kappa shape index (κ2) is 13.1. The molecule has 0 unspecified atom stereocenters. The number of ether oxygens (including phenoxy) is 2. The summed E-state index contributed by atoms with van der Waals surface area (Å²) in [5.74, 6) is 1.32. The van der Waals surface area contributed by atoms with Gasteiger partial charge in [-0.05, 0) is 94.2 Å². The SMILES string of the molecule is COCOc1ccc(CO)c(-c2c(C)cc(O[Si](C(C)C)(C(C)C)C(C)C)cc2C)c1Cc1ccc(F)cc1. The summed E-state index contributed by atoms with van der Waals surface area (Å²) in [7, 11) is -0.536. The summed E-state index contributed by atoms with van der Waals surface area (Å²) in [6.07, 6.45) is 0.518. The van der Waals surface area contributed by atoms with Crippen LogP contribution in [0.4, 0.5) is 4.39 Å². The van der Waals surface area contributed by atoms with Gasteiger partial charge in [-0.25, -0.2) is 4.39 Å². The Morgan fingerprint density at radius 3 is 1.87 bits per heavy atom. The molecule has 0 atom stereocenters. The molecule has 6 heteroatoms. The Bertz CT molecular complexity index is 1210. The molecule has 0 amide bonds. The van der Waals surface area contributed by atoms with Gasteiger partial charge in [0.05, 0.1) is 6.61 Å². The van der Waals surface area contributed by atoms with Crippen LogP contribution in [0.5, 0.6) is 11.5 Å². The number of aliphatic hydroxyl groups is 1. The fourth-order valence-electron chi connectivity index (χ4n) is 6.29. The molecule has 0 bridgehead atoms. The zero-order valence-corrected chi connectivity index (χ0v) is 26.0.